The quantitative estimate of drug-likeness (QED) is 0.732. The molecule has 1 unspecified atom stereocenters. The van der Waals surface area contributed by atoms with Crippen LogP contribution < -0.4 is 5.32 Å². The lowest BCUT2D eigenvalue weighted by molar-refractivity contribution is 0.272. The largest absolute Gasteiger partial charge is 0.316 e. The first kappa shape index (κ1) is 9.49. The fourth-order valence-electron chi connectivity index (χ4n) is 3.19. The van der Waals surface area contributed by atoms with Gasteiger partial charge in [0.2, 0.25) is 0 Å². The molecule has 0 aromatic carbocycles. The summed E-state index contributed by atoms with van der Waals surface area (Å²) in [6.07, 6.45) is 1.47. The molecule has 14 heavy (non-hydrogen) atoms. The number of nitrogens with zero attached hydrogens (tertiary/aromatic N) is 1. The van der Waals surface area contributed by atoms with Crippen LogP contribution in [0.3, 0.4) is 0 Å². The van der Waals surface area contributed by atoms with Gasteiger partial charge < -0.3 is 10.2 Å². The van der Waals surface area contributed by atoms with Crippen LogP contribution in [0.5, 0.6) is 0 Å². The molecule has 0 bridgehead atoms. The normalized spacial score (nSPS) is 43.3. The lowest BCUT2D eigenvalue weighted by atomic mass is 10.0. The van der Waals surface area contributed by atoms with E-state index in [1.807, 2.05) is 0 Å². The maximum absolute atomic E-state index is 3.51. The average Bonchev–Trinajstić information content (AvgIpc) is 2.78. The second-order valence-corrected chi connectivity index (χ2v) is 6.28. The van der Waals surface area contributed by atoms with Crippen molar-refractivity contribution in [3.8, 4) is 0 Å². The number of nitrogens with one attached hydrogen (secondary N) is 1. The molecule has 3 atom stereocenters. The van der Waals surface area contributed by atoms with Gasteiger partial charge in [0.1, 0.15) is 0 Å². The summed E-state index contributed by atoms with van der Waals surface area (Å²) in [5.41, 5.74) is 0. The Hall–Kier alpha value is 0.270. The van der Waals surface area contributed by atoms with Crippen LogP contribution in [0.25, 0.3) is 0 Å². The van der Waals surface area contributed by atoms with Crippen molar-refractivity contribution in [2.75, 3.05) is 44.2 Å². The molecular formula is C11H20N2S. The Morgan fingerprint density at radius 2 is 2.00 bits per heavy atom. The molecule has 0 amide bonds. The summed E-state index contributed by atoms with van der Waals surface area (Å²) in [5.74, 6) is 5.79. The van der Waals surface area contributed by atoms with E-state index in [2.05, 4.69) is 22.0 Å². The van der Waals surface area contributed by atoms with Gasteiger partial charge in [-0.1, -0.05) is 0 Å². The van der Waals surface area contributed by atoms with Crippen LogP contribution in [0.2, 0.25) is 0 Å². The molecule has 0 aromatic rings. The predicted octanol–water partition coefficient (Wildman–Crippen LogP) is 0.891. The van der Waals surface area contributed by atoms with Crippen LogP contribution in [0, 0.1) is 17.8 Å². The molecule has 1 N–H and O–H groups in total. The summed E-state index contributed by atoms with van der Waals surface area (Å²) in [5, 5.41) is 3.51. The van der Waals surface area contributed by atoms with E-state index in [1.165, 1.54) is 50.7 Å². The van der Waals surface area contributed by atoms with E-state index < -0.39 is 0 Å². The Morgan fingerprint density at radius 3 is 2.64 bits per heavy atom. The van der Waals surface area contributed by atoms with E-state index in [-0.39, 0.29) is 0 Å². The third-order valence-electron chi connectivity index (χ3n) is 4.01. The van der Waals surface area contributed by atoms with Crippen molar-refractivity contribution in [1.82, 2.24) is 10.2 Å². The van der Waals surface area contributed by atoms with Gasteiger partial charge in [0.05, 0.1) is 0 Å². The third kappa shape index (κ3) is 1.82. The highest BCUT2D eigenvalue weighted by molar-refractivity contribution is 7.99. The molecule has 80 valence electrons. The van der Waals surface area contributed by atoms with Crippen molar-refractivity contribution < 1.29 is 0 Å². The van der Waals surface area contributed by atoms with Crippen LogP contribution in [-0.4, -0.2) is 49.1 Å². The number of hydrogen-bond donors (Lipinski definition) is 1. The minimum atomic E-state index is 0.976. The minimum absolute atomic E-state index is 0.976. The fraction of sp³-hybridized carbons (Fsp3) is 1.00. The molecule has 3 saturated heterocycles. The molecule has 0 saturated carbocycles. The summed E-state index contributed by atoms with van der Waals surface area (Å²) in [7, 11) is 0. The summed E-state index contributed by atoms with van der Waals surface area (Å²) in [4.78, 5) is 2.73. The van der Waals surface area contributed by atoms with Crippen LogP contribution in [0.4, 0.5) is 0 Å². The Morgan fingerprint density at radius 1 is 1.21 bits per heavy atom. The van der Waals surface area contributed by atoms with Gasteiger partial charge in [-0.3, -0.25) is 0 Å². The zero-order chi connectivity index (χ0) is 9.38. The molecule has 3 heterocycles. The van der Waals surface area contributed by atoms with E-state index in [4.69, 9.17) is 0 Å². The maximum atomic E-state index is 3.51. The van der Waals surface area contributed by atoms with E-state index in [0.29, 0.717) is 0 Å². The molecule has 0 spiro atoms. The van der Waals surface area contributed by atoms with Gasteiger partial charge >= 0.3 is 0 Å². The molecular weight excluding hydrogens is 192 g/mol. The van der Waals surface area contributed by atoms with E-state index >= 15 is 0 Å². The molecule has 3 aliphatic rings. The Labute approximate surface area is 90.8 Å². The van der Waals surface area contributed by atoms with Crippen LogP contribution >= 0.6 is 11.8 Å². The summed E-state index contributed by atoms with van der Waals surface area (Å²) >= 11 is 2.15. The summed E-state index contributed by atoms with van der Waals surface area (Å²) in [6, 6.07) is 0. The van der Waals surface area contributed by atoms with Crippen molar-refractivity contribution in [3.63, 3.8) is 0 Å². The van der Waals surface area contributed by atoms with Crippen molar-refractivity contribution in [3.05, 3.63) is 0 Å². The second-order valence-electron chi connectivity index (χ2n) is 5.13. The van der Waals surface area contributed by atoms with E-state index in [0.717, 1.165) is 17.8 Å². The highest BCUT2D eigenvalue weighted by Gasteiger charge is 2.36. The van der Waals surface area contributed by atoms with Crippen molar-refractivity contribution in [1.29, 1.82) is 0 Å². The van der Waals surface area contributed by atoms with Gasteiger partial charge in [0.15, 0.2) is 0 Å². The van der Waals surface area contributed by atoms with Gasteiger partial charge in [-0.05, 0) is 48.8 Å². The maximum Gasteiger partial charge on any atom is 0.00257 e. The van der Waals surface area contributed by atoms with Gasteiger partial charge in [-0.2, -0.15) is 11.8 Å². The highest BCUT2D eigenvalue weighted by Crippen LogP contribution is 2.30. The first-order valence-corrected chi connectivity index (χ1v) is 7.08. The summed E-state index contributed by atoms with van der Waals surface area (Å²) < 4.78 is 0. The number of rotatable bonds is 2. The topological polar surface area (TPSA) is 15.3 Å². The number of likely N-dealkylation sites (tertiary alicyclic amines) is 1. The first-order chi connectivity index (χ1) is 6.92. The van der Waals surface area contributed by atoms with Crippen LogP contribution in [0.15, 0.2) is 0 Å². The van der Waals surface area contributed by atoms with Crippen LogP contribution in [-0.2, 0) is 0 Å². The fourth-order valence-corrected chi connectivity index (χ4v) is 4.47. The zero-order valence-electron chi connectivity index (χ0n) is 8.74. The van der Waals surface area contributed by atoms with E-state index in [9.17, 15) is 0 Å². The second kappa shape index (κ2) is 4.03. The van der Waals surface area contributed by atoms with Gasteiger partial charge in [-0.25, -0.2) is 0 Å². The highest BCUT2D eigenvalue weighted by atomic mass is 32.2. The Kier molecular flexibility index (Phi) is 2.73. The zero-order valence-corrected chi connectivity index (χ0v) is 9.56. The van der Waals surface area contributed by atoms with Gasteiger partial charge in [0.25, 0.3) is 0 Å². The minimum Gasteiger partial charge on any atom is -0.316 e. The molecule has 3 aliphatic heterocycles. The SMILES string of the molecule is C1CC(CN2C[C@H]3CNC[C@H]3C2)CS1. The number of thioether (sulfide) groups is 1. The summed E-state index contributed by atoms with van der Waals surface area (Å²) in [6.45, 7) is 6.69. The number of fused-ring (bicyclic) bond motifs is 1. The molecule has 3 heteroatoms. The molecule has 2 nitrogen and oxygen atoms in total. The monoisotopic (exact) mass is 212 g/mol. The molecule has 3 fully saturated rings. The smallest absolute Gasteiger partial charge is 0.00257 e. The Balaban J connectivity index is 1.50. The average molecular weight is 212 g/mol. The van der Waals surface area contributed by atoms with Crippen molar-refractivity contribution in [2.24, 2.45) is 17.8 Å². The molecule has 0 aromatic heterocycles. The van der Waals surface area contributed by atoms with Crippen LogP contribution in [0.1, 0.15) is 6.42 Å². The van der Waals surface area contributed by atoms with Crippen molar-refractivity contribution in [2.45, 2.75) is 6.42 Å². The van der Waals surface area contributed by atoms with Gasteiger partial charge in [0, 0.05) is 19.6 Å². The molecule has 0 radical (unpaired) electrons. The molecule has 3 rings (SSSR count). The lowest BCUT2D eigenvalue weighted by Gasteiger charge is -2.20. The standard InChI is InChI=1S/C11H20N2S/c1-2-14-8-9(1)5-13-6-10-3-12-4-11(10)7-13/h9-12H,1-8H2/t9?,10-,11+. The van der Waals surface area contributed by atoms with Gasteiger partial charge in [-0.15, -0.1) is 0 Å². The third-order valence-corrected chi connectivity index (χ3v) is 5.24. The Bertz CT molecular complexity index is 191. The molecule has 0 aliphatic carbocycles. The predicted molar refractivity (Wildman–Crippen MR) is 61.7 cm³/mol. The number of hydrogen-bond acceptors (Lipinski definition) is 3. The first-order valence-electron chi connectivity index (χ1n) is 5.92. The van der Waals surface area contributed by atoms with E-state index in [1.54, 1.807) is 0 Å². The van der Waals surface area contributed by atoms with Crippen molar-refractivity contribution >= 4 is 11.8 Å². The lowest BCUT2D eigenvalue weighted by Crippen LogP contribution is -2.30.